The summed E-state index contributed by atoms with van der Waals surface area (Å²) < 4.78 is 7.74. The first-order valence-corrected chi connectivity index (χ1v) is 10.1. The van der Waals surface area contributed by atoms with Crippen molar-refractivity contribution < 1.29 is 4.74 Å². The van der Waals surface area contributed by atoms with Gasteiger partial charge >= 0.3 is 0 Å². The molecule has 1 unspecified atom stereocenters. The summed E-state index contributed by atoms with van der Waals surface area (Å²) in [5, 5.41) is 11.4. The molecular weight excluding hydrogens is 477 g/mol. The fourth-order valence-electron chi connectivity index (χ4n) is 3.16. The highest BCUT2D eigenvalue weighted by Crippen LogP contribution is 2.15. The van der Waals surface area contributed by atoms with Crippen LogP contribution in [0.1, 0.15) is 49.2 Å². The van der Waals surface area contributed by atoms with Crippen molar-refractivity contribution >= 4 is 29.9 Å². The summed E-state index contributed by atoms with van der Waals surface area (Å²) in [6.07, 6.45) is 3.12. The van der Waals surface area contributed by atoms with Gasteiger partial charge in [-0.05, 0) is 56.9 Å². The maximum atomic E-state index is 5.79. The Hall–Kier alpha value is -1.77. The van der Waals surface area contributed by atoms with Crippen LogP contribution >= 0.6 is 24.0 Å². The van der Waals surface area contributed by atoms with Gasteiger partial charge in [0.15, 0.2) is 5.96 Å². The van der Waals surface area contributed by atoms with E-state index in [9.17, 15) is 0 Å². The average Bonchev–Trinajstić information content (AvgIpc) is 2.91. The molecule has 2 N–H and O–H groups in total. The molecule has 0 bridgehead atoms. The van der Waals surface area contributed by atoms with Crippen LogP contribution in [0.25, 0.3) is 0 Å². The third kappa shape index (κ3) is 7.87. The van der Waals surface area contributed by atoms with Crippen LogP contribution in [0.15, 0.2) is 29.3 Å². The second-order valence-corrected chi connectivity index (χ2v) is 7.30. The summed E-state index contributed by atoms with van der Waals surface area (Å²) in [6.45, 7) is 9.98. The Balaban J connectivity index is 0.00000420. The molecule has 29 heavy (non-hydrogen) atoms. The number of nitrogens with one attached hydrogen (secondary N) is 2. The lowest BCUT2D eigenvalue weighted by atomic mass is 10.1. The predicted octanol–water partition coefficient (Wildman–Crippen LogP) is 4.13. The van der Waals surface area contributed by atoms with Crippen LogP contribution in [0.4, 0.5) is 0 Å². The van der Waals surface area contributed by atoms with Gasteiger partial charge in [-0.2, -0.15) is 5.10 Å². The van der Waals surface area contributed by atoms with Crippen molar-refractivity contribution in [3.05, 3.63) is 46.8 Å². The van der Waals surface area contributed by atoms with Crippen LogP contribution < -0.4 is 15.4 Å². The quantitative estimate of drug-likeness (QED) is 0.229. The fourth-order valence-corrected chi connectivity index (χ4v) is 3.16. The summed E-state index contributed by atoms with van der Waals surface area (Å²) in [5.74, 6) is 1.72. The summed E-state index contributed by atoms with van der Waals surface area (Å²) in [6, 6.07) is 8.47. The molecule has 1 aromatic heterocycles. The van der Waals surface area contributed by atoms with Gasteiger partial charge in [-0.1, -0.05) is 25.5 Å². The molecule has 1 atom stereocenters. The zero-order valence-corrected chi connectivity index (χ0v) is 20.9. The Kier molecular flexibility index (Phi) is 11.1. The van der Waals surface area contributed by atoms with Gasteiger partial charge in [0, 0.05) is 32.4 Å². The van der Waals surface area contributed by atoms with Crippen LogP contribution in [0.3, 0.4) is 0 Å². The standard InChI is InChI=1S/C22H35N5O.HI/c1-7-8-12-28-20-11-9-10-19(14-20)15-24-22(23-5)25-16(2)13-21-17(3)26-27(6)18(21)4;/h9-11,14,16H,7-8,12-13,15H2,1-6H3,(H2,23,24,25);1H. The number of benzene rings is 1. The van der Waals surface area contributed by atoms with E-state index in [1.807, 2.05) is 23.9 Å². The SMILES string of the molecule is CCCCOc1cccc(CNC(=NC)NC(C)Cc2c(C)nn(C)c2C)c1.I. The van der Waals surface area contributed by atoms with Gasteiger partial charge in [-0.25, -0.2) is 0 Å². The van der Waals surface area contributed by atoms with Crippen molar-refractivity contribution in [1.29, 1.82) is 0 Å². The zero-order chi connectivity index (χ0) is 20.5. The van der Waals surface area contributed by atoms with E-state index >= 15 is 0 Å². The van der Waals surface area contributed by atoms with Gasteiger partial charge in [-0.3, -0.25) is 9.67 Å². The smallest absolute Gasteiger partial charge is 0.191 e. The Labute approximate surface area is 192 Å². The molecule has 0 amide bonds. The van der Waals surface area contributed by atoms with E-state index in [0.717, 1.165) is 43.3 Å². The number of ether oxygens (including phenoxy) is 1. The molecule has 0 aliphatic rings. The highest BCUT2D eigenvalue weighted by Gasteiger charge is 2.14. The van der Waals surface area contributed by atoms with Crippen LogP contribution in [-0.2, 0) is 20.0 Å². The van der Waals surface area contributed by atoms with Crippen molar-refractivity contribution in [3.63, 3.8) is 0 Å². The number of hydrogen-bond acceptors (Lipinski definition) is 3. The first kappa shape index (κ1) is 25.3. The molecule has 1 heterocycles. The first-order chi connectivity index (χ1) is 13.4. The summed E-state index contributed by atoms with van der Waals surface area (Å²) in [5.41, 5.74) is 4.78. The lowest BCUT2D eigenvalue weighted by molar-refractivity contribution is 0.309. The molecule has 0 radical (unpaired) electrons. The van der Waals surface area contributed by atoms with Gasteiger partial charge in [0.2, 0.25) is 0 Å². The van der Waals surface area contributed by atoms with E-state index < -0.39 is 0 Å². The Morgan fingerprint density at radius 1 is 1.31 bits per heavy atom. The highest BCUT2D eigenvalue weighted by molar-refractivity contribution is 14.0. The Morgan fingerprint density at radius 2 is 2.07 bits per heavy atom. The molecule has 162 valence electrons. The summed E-state index contributed by atoms with van der Waals surface area (Å²) >= 11 is 0. The number of aryl methyl sites for hydroxylation is 2. The molecule has 0 fully saturated rings. The average molecular weight is 513 g/mol. The van der Waals surface area contributed by atoms with E-state index in [2.05, 4.69) is 60.6 Å². The van der Waals surface area contributed by atoms with Gasteiger partial charge in [-0.15, -0.1) is 24.0 Å². The topological polar surface area (TPSA) is 63.5 Å². The maximum Gasteiger partial charge on any atom is 0.191 e. The molecular formula is C22H36IN5O. The van der Waals surface area contributed by atoms with Crippen molar-refractivity contribution in [2.75, 3.05) is 13.7 Å². The number of aromatic nitrogens is 2. The molecule has 6 nitrogen and oxygen atoms in total. The number of halogens is 1. The number of guanidine groups is 1. The Morgan fingerprint density at radius 3 is 2.69 bits per heavy atom. The van der Waals surface area contributed by atoms with Crippen LogP contribution in [-0.4, -0.2) is 35.4 Å². The molecule has 0 spiro atoms. The van der Waals surface area contributed by atoms with Gasteiger partial charge in [0.25, 0.3) is 0 Å². The van der Waals surface area contributed by atoms with E-state index in [1.54, 1.807) is 7.05 Å². The molecule has 1 aromatic carbocycles. The monoisotopic (exact) mass is 513 g/mol. The molecule has 2 aromatic rings. The second kappa shape index (κ2) is 12.7. The molecule has 0 aliphatic carbocycles. The third-order valence-corrected chi connectivity index (χ3v) is 4.90. The van der Waals surface area contributed by atoms with Crippen molar-refractivity contribution in [3.8, 4) is 5.75 Å². The highest BCUT2D eigenvalue weighted by atomic mass is 127. The number of rotatable bonds is 9. The van der Waals surface area contributed by atoms with Gasteiger partial charge in [0.05, 0.1) is 12.3 Å². The lowest BCUT2D eigenvalue weighted by Gasteiger charge is -2.18. The van der Waals surface area contributed by atoms with E-state index in [-0.39, 0.29) is 30.0 Å². The minimum absolute atomic E-state index is 0. The van der Waals surface area contributed by atoms with E-state index in [4.69, 9.17) is 4.74 Å². The minimum atomic E-state index is 0. The molecule has 0 saturated heterocycles. The maximum absolute atomic E-state index is 5.79. The van der Waals surface area contributed by atoms with Crippen LogP contribution in [0, 0.1) is 13.8 Å². The number of aliphatic imine (C=N–C) groups is 1. The lowest BCUT2D eigenvalue weighted by Crippen LogP contribution is -2.42. The minimum Gasteiger partial charge on any atom is -0.494 e. The number of nitrogens with zero attached hydrogens (tertiary/aromatic N) is 3. The third-order valence-electron chi connectivity index (χ3n) is 4.90. The first-order valence-electron chi connectivity index (χ1n) is 10.1. The molecule has 0 aliphatic heterocycles. The molecule has 0 saturated carbocycles. The normalized spacial score (nSPS) is 12.3. The fraction of sp³-hybridized carbons (Fsp3) is 0.545. The number of unbranched alkanes of at least 4 members (excludes halogenated alkanes) is 1. The van der Waals surface area contributed by atoms with E-state index in [1.165, 1.54) is 16.8 Å². The van der Waals surface area contributed by atoms with Crippen molar-refractivity contribution in [1.82, 2.24) is 20.4 Å². The van der Waals surface area contributed by atoms with Gasteiger partial charge < -0.3 is 15.4 Å². The molecule has 2 rings (SSSR count). The largest absolute Gasteiger partial charge is 0.494 e. The molecule has 7 heteroatoms. The summed E-state index contributed by atoms with van der Waals surface area (Å²) in [4.78, 5) is 4.36. The van der Waals surface area contributed by atoms with Crippen molar-refractivity contribution in [2.24, 2.45) is 12.0 Å². The number of hydrogen-bond donors (Lipinski definition) is 2. The van der Waals surface area contributed by atoms with E-state index in [0.29, 0.717) is 6.54 Å². The second-order valence-electron chi connectivity index (χ2n) is 7.30. The van der Waals surface area contributed by atoms with Crippen LogP contribution in [0.2, 0.25) is 0 Å². The Bertz CT molecular complexity index is 788. The van der Waals surface area contributed by atoms with Crippen LogP contribution in [0.5, 0.6) is 5.75 Å². The predicted molar refractivity (Wildman–Crippen MR) is 131 cm³/mol. The summed E-state index contributed by atoms with van der Waals surface area (Å²) in [7, 11) is 3.79. The zero-order valence-electron chi connectivity index (χ0n) is 18.6. The van der Waals surface area contributed by atoms with Gasteiger partial charge in [0.1, 0.15) is 5.75 Å². The van der Waals surface area contributed by atoms with Crippen molar-refractivity contribution in [2.45, 2.75) is 59.5 Å².